The fourth-order valence-corrected chi connectivity index (χ4v) is 2.52. The molecule has 0 heterocycles. The minimum Gasteiger partial charge on any atom is -0.356 e. The molecule has 0 aromatic rings. The van der Waals surface area contributed by atoms with Gasteiger partial charge in [-0.15, -0.1) is 0 Å². The molecule has 1 aliphatic rings. The predicted molar refractivity (Wildman–Crippen MR) is 71.7 cm³/mol. The Hall–Kier alpha value is -0.570. The molecule has 3 nitrogen and oxygen atoms in total. The number of rotatable bonds is 8. The van der Waals surface area contributed by atoms with Crippen molar-refractivity contribution in [3.63, 3.8) is 0 Å². The second-order valence-corrected chi connectivity index (χ2v) is 5.33. The molecule has 3 heteroatoms. The van der Waals surface area contributed by atoms with Gasteiger partial charge in [-0.3, -0.25) is 4.79 Å². The van der Waals surface area contributed by atoms with Crippen LogP contribution >= 0.6 is 0 Å². The molecule has 1 amide bonds. The van der Waals surface area contributed by atoms with Gasteiger partial charge in [-0.2, -0.15) is 0 Å². The van der Waals surface area contributed by atoms with Gasteiger partial charge in [0.2, 0.25) is 5.91 Å². The smallest absolute Gasteiger partial charge is 0.223 e. The third kappa shape index (κ3) is 6.06. The fraction of sp³-hybridized carbons (Fsp3) is 0.929. The molecular weight excluding hydrogens is 212 g/mol. The molecule has 0 radical (unpaired) electrons. The van der Waals surface area contributed by atoms with Gasteiger partial charge < -0.3 is 11.1 Å². The van der Waals surface area contributed by atoms with E-state index in [2.05, 4.69) is 12.2 Å². The van der Waals surface area contributed by atoms with E-state index in [9.17, 15) is 4.79 Å². The van der Waals surface area contributed by atoms with E-state index in [0.29, 0.717) is 0 Å². The van der Waals surface area contributed by atoms with Crippen LogP contribution in [-0.2, 0) is 4.79 Å². The Morgan fingerprint density at radius 3 is 2.53 bits per heavy atom. The number of unbranched alkanes of at least 4 members (excludes halogenated alkanes) is 5. The quantitative estimate of drug-likeness (QED) is 0.641. The zero-order chi connectivity index (χ0) is 12.5. The molecule has 1 rings (SSSR count). The SMILES string of the molecule is CCCCCCCCNC(=O)C1CCC(N)C1. The van der Waals surface area contributed by atoms with Crippen LogP contribution in [0, 0.1) is 5.92 Å². The molecule has 100 valence electrons. The molecule has 0 bridgehead atoms. The summed E-state index contributed by atoms with van der Waals surface area (Å²) in [4.78, 5) is 11.8. The standard InChI is InChI=1S/C14H28N2O/c1-2-3-4-5-6-7-10-16-14(17)12-8-9-13(15)11-12/h12-13H,2-11,15H2,1H3,(H,16,17). The molecule has 1 saturated carbocycles. The Morgan fingerprint density at radius 2 is 1.88 bits per heavy atom. The van der Waals surface area contributed by atoms with Gasteiger partial charge in [-0.25, -0.2) is 0 Å². The summed E-state index contributed by atoms with van der Waals surface area (Å²) in [7, 11) is 0. The lowest BCUT2D eigenvalue weighted by Gasteiger charge is -2.10. The zero-order valence-corrected chi connectivity index (χ0v) is 11.2. The first-order chi connectivity index (χ1) is 8.24. The summed E-state index contributed by atoms with van der Waals surface area (Å²) in [6.45, 7) is 3.07. The van der Waals surface area contributed by atoms with Crippen LogP contribution in [0.3, 0.4) is 0 Å². The lowest BCUT2D eigenvalue weighted by molar-refractivity contribution is -0.124. The molecule has 17 heavy (non-hydrogen) atoms. The lowest BCUT2D eigenvalue weighted by Crippen LogP contribution is -2.31. The number of carbonyl (C=O) groups is 1. The average molecular weight is 240 g/mol. The molecule has 0 spiro atoms. The van der Waals surface area contributed by atoms with Crippen LogP contribution in [0.15, 0.2) is 0 Å². The Morgan fingerprint density at radius 1 is 1.18 bits per heavy atom. The van der Waals surface area contributed by atoms with Gasteiger partial charge >= 0.3 is 0 Å². The molecule has 0 aromatic heterocycles. The van der Waals surface area contributed by atoms with Gasteiger partial charge in [-0.05, 0) is 25.7 Å². The minimum atomic E-state index is 0.185. The minimum absolute atomic E-state index is 0.185. The summed E-state index contributed by atoms with van der Waals surface area (Å²) >= 11 is 0. The van der Waals surface area contributed by atoms with E-state index in [0.717, 1.165) is 32.2 Å². The van der Waals surface area contributed by atoms with E-state index in [1.807, 2.05) is 0 Å². The maximum Gasteiger partial charge on any atom is 0.223 e. The first-order valence-corrected chi connectivity index (χ1v) is 7.27. The molecule has 0 aliphatic heterocycles. The molecule has 1 fully saturated rings. The highest BCUT2D eigenvalue weighted by Crippen LogP contribution is 2.23. The summed E-state index contributed by atoms with van der Waals surface area (Å²) in [5.41, 5.74) is 5.81. The molecule has 2 atom stereocenters. The van der Waals surface area contributed by atoms with Gasteiger partial charge in [0.05, 0.1) is 0 Å². The molecule has 0 aromatic carbocycles. The Balaban J connectivity index is 1.93. The van der Waals surface area contributed by atoms with Gasteiger partial charge in [0.1, 0.15) is 0 Å². The normalized spacial score (nSPS) is 23.9. The third-order valence-corrected chi connectivity index (χ3v) is 3.67. The summed E-state index contributed by atoms with van der Waals surface area (Å²) in [6, 6.07) is 0.250. The van der Waals surface area contributed by atoms with Crippen LogP contribution in [0.1, 0.15) is 64.7 Å². The van der Waals surface area contributed by atoms with Crippen molar-refractivity contribution in [2.75, 3.05) is 6.54 Å². The zero-order valence-electron chi connectivity index (χ0n) is 11.2. The first-order valence-electron chi connectivity index (χ1n) is 7.27. The Labute approximate surface area is 106 Å². The number of hydrogen-bond acceptors (Lipinski definition) is 2. The van der Waals surface area contributed by atoms with Crippen molar-refractivity contribution in [3.8, 4) is 0 Å². The van der Waals surface area contributed by atoms with Crippen molar-refractivity contribution in [2.45, 2.75) is 70.8 Å². The lowest BCUT2D eigenvalue weighted by atomic mass is 10.1. The van der Waals surface area contributed by atoms with Crippen LogP contribution in [0.5, 0.6) is 0 Å². The average Bonchev–Trinajstić information content (AvgIpc) is 2.74. The van der Waals surface area contributed by atoms with E-state index in [4.69, 9.17) is 5.73 Å². The summed E-state index contributed by atoms with van der Waals surface area (Å²) in [5.74, 6) is 0.414. The van der Waals surface area contributed by atoms with Crippen LogP contribution in [0.4, 0.5) is 0 Å². The molecule has 2 unspecified atom stereocenters. The maximum absolute atomic E-state index is 11.8. The molecule has 0 saturated heterocycles. The van der Waals surface area contributed by atoms with Crippen molar-refractivity contribution >= 4 is 5.91 Å². The van der Waals surface area contributed by atoms with E-state index >= 15 is 0 Å². The van der Waals surface area contributed by atoms with Gasteiger partial charge in [0.25, 0.3) is 0 Å². The topological polar surface area (TPSA) is 55.1 Å². The van der Waals surface area contributed by atoms with Crippen LogP contribution < -0.4 is 11.1 Å². The van der Waals surface area contributed by atoms with Crippen LogP contribution in [0.25, 0.3) is 0 Å². The second-order valence-electron chi connectivity index (χ2n) is 5.33. The van der Waals surface area contributed by atoms with Crippen LogP contribution in [-0.4, -0.2) is 18.5 Å². The highest BCUT2D eigenvalue weighted by Gasteiger charge is 2.27. The fourth-order valence-electron chi connectivity index (χ4n) is 2.52. The van der Waals surface area contributed by atoms with Gasteiger partial charge in [-0.1, -0.05) is 39.0 Å². The van der Waals surface area contributed by atoms with Crippen molar-refractivity contribution < 1.29 is 4.79 Å². The van der Waals surface area contributed by atoms with E-state index in [1.165, 1.54) is 32.1 Å². The monoisotopic (exact) mass is 240 g/mol. The van der Waals surface area contributed by atoms with Crippen molar-refractivity contribution in [3.05, 3.63) is 0 Å². The largest absolute Gasteiger partial charge is 0.356 e. The Bertz CT molecular complexity index is 218. The number of hydrogen-bond donors (Lipinski definition) is 2. The number of nitrogens with one attached hydrogen (secondary N) is 1. The van der Waals surface area contributed by atoms with Crippen LogP contribution in [0.2, 0.25) is 0 Å². The molecule has 3 N–H and O–H groups in total. The summed E-state index contributed by atoms with van der Waals surface area (Å²) in [6.07, 6.45) is 10.5. The molecule has 1 aliphatic carbocycles. The summed E-state index contributed by atoms with van der Waals surface area (Å²) in [5, 5.41) is 3.04. The van der Waals surface area contributed by atoms with Crippen molar-refractivity contribution in [1.29, 1.82) is 0 Å². The molecular formula is C14H28N2O. The predicted octanol–water partition coefficient (Wildman–Crippen LogP) is 2.59. The Kier molecular flexibility index (Phi) is 7.25. The first kappa shape index (κ1) is 14.5. The summed E-state index contributed by atoms with van der Waals surface area (Å²) < 4.78 is 0. The highest BCUT2D eigenvalue weighted by molar-refractivity contribution is 5.78. The van der Waals surface area contributed by atoms with Crippen molar-refractivity contribution in [2.24, 2.45) is 11.7 Å². The number of amides is 1. The van der Waals surface area contributed by atoms with E-state index < -0.39 is 0 Å². The number of nitrogens with two attached hydrogens (primary N) is 1. The van der Waals surface area contributed by atoms with Crippen molar-refractivity contribution in [1.82, 2.24) is 5.32 Å². The maximum atomic E-state index is 11.8. The highest BCUT2D eigenvalue weighted by atomic mass is 16.1. The van der Waals surface area contributed by atoms with E-state index in [1.54, 1.807) is 0 Å². The van der Waals surface area contributed by atoms with Gasteiger partial charge in [0.15, 0.2) is 0 Å². The third-order valence-electron chi connectivity index (χ3n) is 3.67. The number of carbonyl (C=O) groups excluding carboxylic acids is 1. The van der Waals surface area contributed by atoms with Gasteiger partial charge in [0, 0.05) is 18.5 Å². The second kappa shape index (κ2) is 8.51. The van der Waals surface area contributed by atoms with E-state index in [-0.39, 0.29) is 17.9 Å².